The molecule has 1 unspecified atom stereocenters. The first-order valence-corrected chi connectivity index (χ1v) is 7.01. The number of ketones is 1. The van der Waals surface area contributed by atoms with Gasteiger partial charge in [-0.25, -0.2) is 4.99 Å². The Balaban J connectivity index is 2.23. The number of hydrogen-bond acceptors (Lipinski definition) is 4. The molecule has 4 heteroatoms. The van der Waals surface area contributed by atoms with Crippen molar-refractivity contribution < 1.29 is 14.3 Å². The van der Waals surface area contributed by atoms with E-state index < -0.39 is 5.41 Å². The van der Waals surface area contributed by atoms with Gasteiger partial charge in [0.15, 0.2) is 5.78 Å². The second kappa shape index (κ2) is 4.45. The summed E-state index contributed by atoms with van der Waals surface area (Å²) in [6, 6.07) is 7.56. The van der Waals surface area contributed by atoms with Crippen LogP contribution in [0.4, 0.5) is 0 Å². The smallest absolute Gasteiger partial charge is 0.202 e. The first-order valence-electron chi connectivity index (χ1n) is 7.01. The summed E-state index contributed by atoms with van der Waals surface area (Å²) >= 11 is 0. The van der Waals surface area contributed by atoms with Gasteiger partial charge in [0.1, 0.15) is 17.8 Å². The molecule has 0 spiro atoms. The number of aliphatic imine (C=N–C) groups is 1. The number of allylic oxidation sites excluding steroid dienone is 1. The largest absolute Gasteiger partial charge is 0.499 e. The summed E-state index contributed by atoms with van der Waals surface area (Å²) in [5, 5.41) is 0. The minimum Gasteiger partial charge on any atom is -0.499 e. The van der Waals surface area contributed by atoms with Gasteiger partial charge in [0, 0.05) is 11.6 Å². The van der Waals surface area contributed by atoms with Crippen LogP contribution in [0, 0.1) is 0 Å². The SMILES string of the molecule is COC1=CC(=O)c2ccccc2C1(C)C1=NC(C)(C)CO1. The topological polar surface area (TPSA) is 47.9 Å². The number of methoxy groups -OCH3 is 1. The van der Waals surface area contributed by atoms with Crippen LogP contribution in [0.15, 0.2) is 41.1 Å². The Hall–Kier alpha value is -2.10. The summed E-state index contributed by atoms with van der Waals surface area (Å²) in [5.41, 5.74) is 0.642. The predicted molar refractivity (Wildman–Crippen MR) is 80.7 cm³/mol. The van der Waals surface area contributed by atoms with Gasteiger partial charge in [-0.05, 0) is 26.3 Å². The van der Waals surface area contributed by atoms with E-state index in [9.17, 15) is 4.79 Å². The highest BCUT2D eigenvalue weighted by atomic mass is 16.5. The number of hydrogen-bond donors (Lipinski definition) is 0. The molecule has 1 aromatic carbocycles. The van der Waals surface area contributed by atoms with Crippen molar-refractivity contribution in [2.45, 2.75) is 31.7 Å². The van der Waals surface area contributed by atoms with Crippen LogP contribution in [0.5, 0.6) is 0 Å². The van der Waals surface area contributed by atoms with E-state index in [1.165, 1.54) is 0 Å². The van der Waals surface area contributed by atoms with Crippen molar-refractivity contribution in [3.05, 3.63) is 47.2 Å². The van der Waals surface area contributed by atoms with Crippen LogP contribution in [0.3, 0.4) is 0 Å². The molecule has 4 nitrogen and oxygen atoms in total. The zero-order valence-corrected chi connectivity index (χ0v) is 12.8. The second-order valence-electron chi connectivity index (χ2n) is 6.27. The molecule has 1 aromatic rings. The zero-order chi connectivity index (χ0) is 15.3. The molecule has 1 heterocycles. The Morgan fingerprint density at radius 2 is 1.95 bits per heavy atom. The van der Waals surface area contributed by atoms with E-state index in [0.717, 1.165) is 5.56 Å². The van der Waals surface area contributed by atoms with Crippen molar-refractivity contribution in [3.63, 3.8) is 0 Å². The van der Waals surface area contributed by atoms with E-state index in [2.05, 4.69) is 0 Å². The second-order valence-corrected chi connectivity index (χ2v) is 6.27. The van der Waals surface area contributed by atoms with Gasteiger partial charge in [-0.1, -0.05) is 24.3 Å². The molecule has 0 saturated heterocycles. The van der Waals surface area contributed by atoms with Gasteiger partial charge in [-0.3, -0.25) is 4.79 Å². The van der Waals surface area contributed by atoms with E-state index in [-0.39, 0.29) is 11.3 Å². The molecular formula is C17H19NO3. The number of rotatable bonds is 2. The highest BCUT2D eigenvalue weighted by Crippen LogP contribution is 2.42. The standard InChI is InChI=1S/C17H19NO3/c1-16(2)10-21-15(18-16)17(3)12-8-6-5-7-11(12)13(19)9-14(17)20-4/h5-9H,10H2,1-4H3. The molecule has 2 aliphatic rings. The normalized spacial score (nSPS) is 26.6. The Kier molecular flexibility index (Phi) is 2.94. The lowest BCUT2D eigenvalue weighted by Crippen LogP contribution is -2.40. The number of fused-ring (bicyclic) bond motifs is 1. The lowest BCUT2D eigenvalue weighted by Gasteiger charge is -2.34. The molecular weight excluding hydrogens is 266 g/mol. The van der Waals surface area contributed by atoms with Crippen LogP contribution in [-0.2, 0) is 14.9 Å². The van der Waals surface area contributed by atoms with Gasteiger partial charge >= 0.3 is 0 Å². The third-order valence-corrected chi connectivity index (χ3v) is 4.10. The van der Waals surface area contributed by atoms with E-state index in [1.807, 2.05) is 45.0 Å². The monoisotopic (exact) mass is 285 g/mol. The predicted octanol–water partition coefficient (Wildman–Crippen LogP) is 2.88. The first kappa shape index (κ1) is 13.9. The average molecular weight is 285 g/mol. The zero-order valence-electron chi connectivity index (χ0n) is 12.8. The molecule has 21 heavy (non-hydrogen) atoms. The van der Waals surface area contributed by atoms with Crippen molar-refractivity contribution in [2.24, 2.45) is 4.99 Å². The molecule has 1 aliphatic carbocycles. The fraction of sp³-hybridized carbons (Fsp3) is 0.412. The van der Waals surface area contributed by atoms with Crippen LogP contribution < -0.4 is 0 Å². The summed E-state index contributed by atoms with van der Waals surface area (Å²) in [6.07, 6.45) is 1.54. The maximum absolute atomic E-state index is 12.2. The minimum atomic E-state index is -0.660. The van der Waals surface area contributed by atoms with Crippen LogP contribution >= 0.6 is 0 Å². The lowest BCUT2D eigenvalue weighted by atomic mass is 9.73. The van der Waals surface area contributed by atoms with E-state index in [4.69, 9.17) is 14.5 Å². The number of nitrogens with zero attached hydrogens (tertiary/aromatic N) is 1. The van der Waals surface area contributed by atoms with Crippen molar-refractivity contribution in [1.29, 1.82) is 0 Å². The molecule has 3 rings (SSSR count). The number of benzene rings is 1. The molecule has 1 atom stereocenters. The quantitative estimate of drug-likeness (QED) is 0.839. The Labute approximate surface area is 124 Å². The fourth-order valence-electron chi connectivity index (χ4n) is 2.93. The molecule has 110 valence electrons. The van der Waals surface area contributed by atoms with Crippen molar-refractivity contribution in [2.75, 3.05) is 13.7 Å². The Morgan fingerprint density at radius 1 is 1.24 bits per heavy atom. The molecule has 0 radical (unpaired) electrons. The highest BCUT2D eigenvalue weighted by molar-refractivity contribution is 6.11. The fourth-order valence-corrected chi connectivity index (χ4v) is 2.93. The number of carbonyl (C=O) groups excluding carboxylic acids is 1. The van der Waals surface area contributed by atoms with Crippen LogP contribution in [0.2, 0.25) is 0 Å². The number of carbonyl (C=O) groups is 1. The molecule has 1 aliphatic heterocycles. The van der Waals surface area contributed by atoms with Crippen LogP contribution in [-0.4, -0.2) is 30.9 Å². The van der Waals surface area contributed by atoms with E-state index in [0.29, 0.717) is 23.8 Å². The molecule has 0 saturated carbocycles. The van der Waals surface area contributed by atoms with Crippen LogP contribution in [0.25, 0.3) is 0 Å². The Morgan fingerprint density at radius 3 is 2.57 bits per heavy atom. The highest BCUT2D eigenvalue weighted by Gasteiger charge is 2.48. The van der Waals surface area contributed by atoms with Crippen molar-refractivity contribution >= 4 is 11.7 Å². The third-order valence-electron chi connectivity index (χ3n) is 4.10. The summed E-state index contributed by atoms with van der Waals surface area (Å²) in [6.45, 7) is 6.58. The molecule has 0 amide bonds. The Bertz CT molecular complexity index is 672. The van der Waals surface area contributed by atoms with Gasteiger partial charge in [-0.15, -0.1) is 0 Å². The molecule has 0 fully saturated rings. The molecule has 0 aromatic heterocycles. The minimum absolute atomic E-state index is 0.0437. The third kappa shape index (κ3) is 1.97. The average Bonchev–Trinajstić information content (AvgIpc) is 2.83. The van der Waals surface area contributed by atoms with Crippen molar-refractivity contribution in [3.8, 4) is 0 Å². The van der Waals surface area contributed by atoms with Crippen LogP contribution in [0.1, 0.15) is 36.7 Å². The van der Waals surface area contributed by atoms with Gasteiger partial charge in [-0.2, -0.15) is 0 Å². The van der Waals surface area contributed by atoms with E-state index >= 15 is 0 Å². The molecule has 0 bridgehead atoms. The summed E-state index contributed by atoms with van der Waals surface area (Å²) in [5.74, 6) is 1.14. The summed E-state index contributed by atoms with van der Waals surface area (Å²) in [4.78, 5) is 16.9. The maximum atomic E-state index is 12.2. The van der Waals surface area contributed by atoms with Gasteiger partial charge in [0.05, 0.1) is 12.6 Å². The van der Waals surface area contributed by atoms with Gasteiger partial charge in [0.25, 0.3) is 0 Å². The maximum Gasteiger partial charge on any atom is 0.202 e. The first-order chi connectivity index (χ1) is 9.88. The summed E-state index contributed by atoms with van der Waals surface area (Å²) in [7, 11) is 1.58. The molecule has 0 N–H and O–H groups in total. The number of ether oxygens (including phenoxy) is 2. The van der Waals surface area contributed by atoms with Crippen molar-refractivity contribution in [1.82, 2.24) is 0 Å². The lowest BCUT2D eigenvalue weighted by molar-refractivity contribution is 0.102. The summed E-state index contributed by atoms with van der Waals surface area (Å²) < 4.78 is 11.3. The van der Waals surface area contributed by atoms with Gasteiger partial charge in [0.2, 0.25) is 5.90 Å². The van der Waals surface area contributed by atoms with Gasteiger partial charge < -0.3 is 9.47 Å². The van der Waals surface area contributed by atoms with E-state index in [1.54, 1.807) is 13.2 Å².